The van der Waals surface area contributed by atoms with Gasteiger partial charge in [-0.2, -0.15) is 0 Å². The maximum absolute atomic E-state index is 13.4. The molecule has 0 amide bonds. The monoisotopic (exact) mass is 406 g/mol. The van der Waals surface area contributed by atoms with Gasteiger partial charge in [-0.3, -0.25) is 0 Å². The van der Waals surface area contributed by atoms with Gasteiger partial charge in [0.05, 0.1) is 0 Å². The molecule has 0 bridgehead atoms. The first kappa shape index (κ1) is 21.1. The number of carbonyl (C=O) groups is 1. The molecule has 4 nitrogen and oxygen atoms in total. The Hall–Kier alpha value is -3.60. The number of benzene rings is 3. The Morgan fingerprint density at radius 2 is 1.57 bits per heavy atom. The van der Waals surface area contributed by atoms with Crippen molar-refractivity contribution in [2.24, 2.45) is 0 Å². The summed E-state index contributed by atoms with van der Waals surface area (Å²) in [5.74, 6) is -0.149. The first-order valence-corrected chi connectivity index (χ1v) is 9.53. The molecule has 5 heteroatoms. The van der Waals surface area contributed by atoms with Gasteiger partial charge in [-0.15, -0.1) is 0 Å². The van der Waals surface area contributed by atoms with Gasteiger partial charge >= 0.3 is 5.97 Å². The normalized spacial score (nSPS) is 11.2. The van der Waals surface area contributed by atoms with Crippen LogP contribution in [-0.2, 0) is 4.79 Å². The molecule has 0 unspecified atom stereocenters. The van der Waals surface area contributed by atoms with E-state index in [1.54, 1.807) is 30.3 Å². The minimum Gasteiger partial charge on any atom is -0.489 e. The van der Waals surface area contributed by atoms with E-state index in [1.165, 1.54) is 12.1 Å². The fourth-order valence-electron chi connectivity index (χ4n) is 3.00. The van der Waals surface area contributed by atoms with E-state index >= 15 is 0 Å². The summed E-state index contributed by atoms with van der Waals surface area (Å²) in [5, 5.41) is 8.73. The lowest BCUT2D eigenvalue weighted by atomic mass is 9.97. The summed E-state index contributed by atoms with van der Waals surface area (Å²) in [6, 6.07) is 19.7. The Balaban J connectivity index is 1.77. The van der Waals surface area contributed by atoms with Crippen molar-refractivity contribution in [1.29, 1.82) is 0 Å². The third kappa shape index (κ3) is 5.70. The van der Waals surface area contributed by atoms with E-state index in [2.05, 4.69) is 0 Å². The highest BCUT2D eigenvalue weighted by molar-refractivity contribution is 5.80. The molecular formula is C25H23FO4. The number of carboxylic acids is 1. The largest absolute Gasteiger partial charge is 0.489 e. The molecule has 0 aliphatic rings. The minimum absolute atomic E-state index is 0.279. The molecule has 0 fully saturated rings. The van der Waals surface area contributed by atoms with Crippen LogP contribution in [0.2, 0.25) is 0 Å². The van der Waals surface area contributed by atoms with Gasteiger partial charge in [-0.1, -0.05) is 42.0 Å². The van der Waals surface area contributed by atoms with E-state index in [4.69, 9.17) is 14.6 Å². The van der Waals surface area contributed by atoms with Gasteiger partial charge in [0.1, 0.15) is 23.9 Å². The smallest absolute Gasteiger partial charge is 0.341 e. The van der Waals surface area contributed by atoms with Gasteiger partial charge < -0.3 is 14.6 Å². The maximum Gasteiger partial charge on any atom is 0.341 e. The van der Waals surface area contributed by atoms with E-state index in [0.29, 0.717) is 18.1 Å². The summed E-state index contributed by atoms with van der Waals surface area (Å²) in [4.78, 5) is 10.7. The Labute approximate surface area is 175 Å². The predicted octanol–water partition coefficient (Wildman–Crippen LogP) is 5.42. The molecular weight excluding hydrogens is 383 g/mol. The van der Waals surface area contributed by atoms with Crippen LogP contribution in [0.4, 0.5) is 4.39 Å². The van der Waals surface area contributed by atoms with Gasteiger partial charge in [0.15, 0.2) is 6.61 Å². The molecule has 0 saturated carbocycles. The molecule has 3 aromatic carbocycles. The highest BCUT2D eigenvalue weighted by Gasteiger charge is 2.07. The molecule has 3 aromatic rings. The van der Waals surface area contributed by atoms with Crippen LogP contribution in [0.1, 0.15) is 22.3 Å². The van der Waals surface area contributed by atoms with Crippen molar-refractivity contribution in [2.45, 2.75) is 13.8 Å². The van der Waals surface area contributed by atoms with Crippen molar-refractivity contribution in [3.05, 3.63) is 101 Å². The average molecular weight is 406 g/mol. The summed E-state index contributed by atoms with van der Waals surface area (Å²) in [7, 11) is 0. The number of ether oxygens (including phenoxy) is 2. The van der Waals surface area contributed by atoms with Crippen molar-refractivity contribution < 1.29 is 23.8 Å². The number of halogens is 1. The van der Waals surface area contributed by atoms with E-state index < -0.39 is 5.97 Å². The summed E-state index contributed by atoms with van der Waals surface area (Å²) in [5.41, 5.74) is 4.82. The topological polar surface area (TPSA) is 55.8 Å². The minimum atomic E-state index is -1.02. The predicted molar refractivity (Wildman–Crippen MR) is 114 cm³/mol. The first-order chi connectivity index (χ1) is 14.4. The molecule has 0 aliphatic heterocycles. The van der Waals surface area contributed by atoms with Crippen LogP contribution in [0.3, 0.4) is 0 Å². The van der Waals surface area contributed by atoms with Crippen LogP contribution in [0.15, 0.2) is 72.8 Å². The molecule has 0 radical (unpaired) electrons. The van der Waals surface area contributed by atoms with Crippen LogP contribution >= 0.6 is 0 Å². The Kier molecular flexibility index (Phi) is 6.86. The molecule has 3 rings (SSSR count). The van der Waals surface area contributed by atoms with E-state index in [9.17, 15) is 9.18 Å². The Morgan fingerprint density at radius 3 is 2.17 bits per heavy atom. The number of hydrogen-bond donors (Lipinski definition) is 1. The second kappa shape index (κ2) is 9.74. The standard InChI is InChI=1S/C25H23FO4/c1-17-3-5-19(6-4-17)23(20-7-9-21(26)10-8-20)13-14-29-22-11-12-24(18(2)15-22)30-16-25(27)28/h3-13,15H,14,16H2,1-2H3,(H,27,28)/b23-13+. The molecule has 1 N–H and O–H groups in total. The molecule has 30 heavy (non-hydrogen) atoms. The molecule has 0 saturated heterocycles. The summed E-state index contributed by atoms with van der Waals surface area (Å²) in [6.45, 7) is 3.78. The first-order valence-electron chi connectivity index (χ1n) is 9.53. The zero-order chi connectivity index (χ0) is 21.5. The Bertz CT molecular complexity index is 990. The number of aryl methyl sites for hydroxylation is 2. The zero-order valence-corrected chi connectivity index (χ0v) is 16.9. The van der Waals surface area contributed by atoms with Crippen LogP contribution in [0, 0.1) is 19.7 Å². The summed E-state index contributed by atoms with van der Waals surface area (Å²) < 4.78 is 24.5. The molecule has 0 heterocycles. The van der Waals surface area contributed by atoms with Crippen LogP contribution in [-0.4, -0.2) is 24.3 Å². The van der Waals surface area contributed by atoms with Gasteiger partial charge in [0.2, 0.25) is 0 Å². The lowest BCUT2D eigenvalue weighted by Gasteiger charge is -2.12. The SMILES string of the molecule is Cc1ccc(/C(=C\COc2ccc(OCC(=O)O)c(C)c2)c2ccc(F)cc2)cc1. The van der Waals surface area contributed by atoms with Crippen LogP contribution < -0.4 is 9.47 Å². The quantitative estimate of drug-likeness (QED) is 0.543. The number of carboxylic acid groups (broad SMARTS) is 1. The van der Waals surface area contributed by atoms with Crippen molar-refractivity contribution in [3.63, 3.8) is 0 Å². The maximum atomic E-state index is 13.4. The van der Waals surface area contributed by atoms with E-state index in [0.717, 1.165) is 27.8 Å². The average Bonchev–Trinajstić information content (AvgIpc) is 2.72. The fourth-order valence-corrected chi connectivity index (χ4v) is 3.00. The van der Waals surface area contributed by atoms with Gasteiger partial charge in [0, 0.05) is 0 Å². The van der Waals surface area contributed by atoms with Gasteiger partial charge in [0.25, 0.3) is 0 Å². The highest BCUT2D eigenvalue weighted by atomic mass is 19.1. The third-order valence-corrected chi connectivity index (χ3v) is 4.55. The van der Waals surface area contributed by atoms with Crippen molar-refractivity contribution >= 4 is 11.5 Å². The lowest BCUT2D eigenvalue weighted by molar-refractivity contribution is -0.139. The highest BCUT2D eigenvalue weighted by Crippen LogP contribution is 2.26. The van der Waals surface area contributed by atoms with Gasteiger partial charge in [-0.05, 0) is 72.5 Å². The summed E-state index contributed by atoms with van der Waals surface area (Å²) in [6.07, 6.45) is 1.96. The van der Waals surface area contributed by atoms with E-state index in [-0.39, 0.29) is 12.4 Å². The molecule has 154 valence electrons. The van der Waals surface area contributed by atoms with E-state index in [1.807, 2.05) is 44.2 Å². The Morgan fingerprint density at radius 1 is 0.933 bits per heavy atom. The molecule has 0 atom stereocenters. The van der Waals surface area contributed by atoms with Crippen LogP contribution in [0.25, 0.3) is 5.57 Å². The van der Waals surface area contributed by atoms with Gasteiger partial charge in [-0.25, -0.2) is 9.18 Å². The molecule has 0 aromatic heterocycles. The fraction of sp³-hybridized carbons (Fsp3) is 0.160. The lowest BCUT2D eigenvalue weighted by Crippen LogP contribution is -2.10. The van der Waals surface area contributed by atoms with Crippen molar-refractivity contribution in [1.82, 2.24) is 0 Å². The number of aliphatic carboxylic acids is 1. The summed E-state index contributed by atoms with van der Waals surface area (Å²) >= 11 is 0. The van der Waals surface area contributed by atoms with Crippen molar-refractivity contribution in [3.8, 4) is 11.5 Å². The number of hydrogen-bond acceptors (Lipinski definition) is 3. The molecule has 0 spiro atoms. The van der Waals surface area contributed by atoms with Crippen LogP contribution in [0.5, 0.6) is 11.5 Å². The number of rotatable bonds is 8. The third-order valence-electron chi connectivity index (χ3n) is 4.55. The second-order valence-electron chi connectivity index (χ2n) is 6.91. The second-order valence-corrected chi connectivity index (χ2v) is 6.91. The van der Waals surface area contributed by atoms with Crippen molar-refractivity contribution in [2.75, 3.05) is 13.2 Å². The molecule has 0 aliphatic carbocycles. The zero-order valence-electron chi connectivity index (χ0n) is 16.9.